The molecule has 3 aromatic rings. The molecule has 1 atom stereocenters. The van der Waals surface area contributed by atoms with Gasteiger partial charge in [-0.15, -0.1) is 11.8 Å². The number of benzene rings is 3. The molecule has 4 rings (SSSR count). The first-order valence-electron chi connectivity index (χ1n) is 8.76. The summed E-state index contributed by atoms with van der Waals surface area (Å²) in [6.45, 7) is 0. The lowest BCUT2D eigenvalue weighted by molar-refractivity contribution is 0.102. The van der Waals surface area contributed by atoms with Gasteiger partial charge in [-0.3, -0.25) is 4.79 Å². The quantitative estimate of drug-likeness (QED) is 0.710. The molecule has 1 aliphatic heterocycles. The van der Waals surface area contributed by atoms with E-state index in [1.165, 1.54) is 11.8 Å². The molecule has 0 bridgehead atoms. The van der Waals surface area contributed by atoms with Crippen LogP contribution in [0.3, 0.4) is 0 Å². The van der Waals surface area contributed by atoms with Gasteiger partial charge in [0, 0.05) is 15.8 Å². The molecule has 1 amide bonds. The zero-order valence-corrected chi connectivity index (χ0v) is 16.2. The summed E-state index contributed by atoms with van der Waals surface area (Å²) in [5, 5.41) is 5.15. The van der Waals surface area contributed by atoms with Gasteiger partial charge in [0.05, 0.1) is 17.1 Å². The van der Waals surface area contributed by atoms with E-state index < -0.39 is 9.84 Å². The van der Waals surface area contributed by atoms with E-state index in [2.05, 4.69) is 5.32 Å². The van der Waals surface area contributed by atoms with Crippen molar-refractivity contribution >= 4 is 44.0 Å². The number of anilines is 1. The number of carbonyl (C=O) groups is 1. The van der Waals surface area contributed by atoms with Gasteiger partial charge in [-0.1, -0.05) is 42.5 Å². The van der Waals surface area contributed by atoms with E-state index in [-0.39, 0.29) is 22.7 Å². The van der Waals surface area contributed by atoms with Crippen molar-refractivity contribution in [3.63, 3.8) is 0 Å². The highest BCUT2D eigenvalue weighted by Gasteiger charge is 2.29. The fourth-order valence-electron chi connectivity index (χ4n) is 3.26. The van der Waals surface area contributed by atoms with Crippen LogP contribution < -0.4 is 5.32 Å². The Balaban J connectivity index is 1.54. The van der Waals surface area contributed by atoms with E-state index in [0.29, 0.717) is 12.0 Å². The van der Waals surface area contributed by atoms with Crippen molar-refractivity contribution in [3.05, 3.63) is 72.3 Å². The summed E-state index contributed by atoms with van der Waals surface area (Å²) in [5.74, 6) is 0.225. The number of carbonyl (C=O) groups excluding carboxylic acids is 1. The van der Waals surface area contributed by atoms with Crippen LogP contribution in [-0.2, 0) is 9.84 Å². The van der Waals surface area contributed by atoms with Crippen molar-refractivity contribution < 1.29 is 13.2 Å². The number of fused-ring (bicyclic) bond motifs is 1. The summed E-state index contributed by atoms with van der Waals surface area (Å²) in [6.07, 6.45) is 0.633. The Hall–Kier alpha value is -2.31. The molecular weight excluding hydrogens is 378 g/mol. The van der Waals surface area contributed by atoms with Crippen LogP contribution in [0, 0.1) is 0 Å². The maximum atomic E-state index is 12.8. The van der Waals surface area contributed by atoms with Gasteiger partial charge in [-0.2, -0.15) is 0 Å². The summed E-state index contributed by atoms with van der Waals surface area (Å²) in [4.78, 5) is 13.6. The van der Waals surface area contributed by atoms with E-state index in [4.69, 9.17) is 0 Å². The molecule has 1 fully saturated rings. The van der Waals surface area contributed by atoms with Crippen LogP contribution in [0.1, 0.15) is 16.8 Å². The average Bonchev–Trinajstić information content (AvgIpc) is 3.00. The minimum atomic E-state index is -2.94. The third kappa shape index (κ3) is 4.17. The second kappa shape index (κ2) is 7.37. The number of hydrogen-bond acceptors (Lipinski definition) is 4. The van der Waals surface area contributed by atoms with Gasteiger partial charge in [0.2, 0.25) is 0 Å². The largest absolute Gasteiger partial charge is 0.322 e. The molecular formula is C21H19NO3S2. The summed E-state index contributed by atoms with van der Waals surface area (Å²) in [6, 6.07) is 21.2. The van der Waals surface area contributed by atoms with Gasteiger partial charge in [-0.25, -0.2) is 8.42 Å². The van der Waals surface area contributed by atoms with Crippen molar-refractivity contribution in [2.24, 2.45) is 0 Å². The first-order valence-corrected chi connectivity index (χ1v) is 11.5. The molecule has 138 valence electrons. The summed E-state index contributed by atoms with van der Waals surface area (Å²) < 4.78 is 23.4. The highest BCUT2D eigenvalue weighted by atomic mass is 32.2. The molecule has 1 saturated heterocycles. The SMILES string of the molecule is O=C(Nc1ccc2ccccc2c1)c1ccccc1SC1CCS(=O)(=O)C1. The molecule has 0 spiro atoms. The van der Waals surface area contributed by atoms with Crippen LogP contribution in [0.4, 0.5) is 5.69 Å². The number of nitrogens with one attached hydrogen (secondary N) is 1. The van der Waals surface area contributed by atoms with Crippen LogP contribution >= 0.6 is 11.8 Å². The van der Waals surface area contributed by atoms with E-state index in [1.807, 2.05) is 60.7 Å². The molecule has 0 aliphatic carbocycles. The van der Waals surface area contributed by atoms with Crippen LogP contribution in [0.2, 0.25) is 0 Å². The number of thioether (sulfide) groups is 1. The first-order chi connectivity index (χ1) is 13.0. The van der Waals surface area contributed by atoms with Gasteiger partial charge >= 0.3 is 0 Å². The zero-order valence-electron chi connectivity index (χ0n) is 14.6. The van der Waals surface area contributed by atoms with Crippen molar-refractivity contribution in [2.45, 2.75) is 16.6 Å². The summed E-state index contributed by atoms with van der Waals surface area (Å²) in [7, 11) is -2.94. The minimum absolute atomic E-state index is 0.00428. The van der Waals surface area contributed by atoms with Gasteiger partial charge in [-0.05, 0) is 41.5 Å². The molecule has 27 heavy (non-hydrogen) atoms. The number of amides is 1. The summed E-state index contributed by atoms with van der Waals surface area (Å²) in [5.41, 5.74) is 1.31. The normalized spacial score (nSPS) is 18.4. The van der Waals surface area contributed by atoms with Crippen molar-refractivity contribution in [1.82, 2.24) is 0 Å². The van der Waals surface area contributed by atoms with E-state index in [0.717, 1.165) is 21.4 Å². The molecule has 6 heteroatoms. The second-order valence-electron chi connectivity index (χ2n) is 6.66. The Morgan fingerprint density at radius 2 is 1.70 bits per heavy atom. The van der Waals surface area contributed by atoms with Crippen LogP contribution in [-0.4, -0.2) is 31.1 Å². The molecule has 1 unspecified atom stereocenters. The molecule has 4 nitrogen and oxygen atoms in total. The van der Waals surface area contributed by atoms with Crippen LogP contribution in [0.5, 0.6) is 0 Å². The highest BCUT2D eigenvalue weighted by molar-refractivity contribution is 8.02. The van der Waals surface area contributed by atoms with E-state index >= 15 is 0 Å². The standard InChI is InChI=1S/C21H19NO3S2/c23-21(22-17-10-9-15-5-1-2-6-16(15)13-17)19-7-3-4-8-20(19)26-18-11-12-27(24,25)14-18/h1-10,13,18H,11-12,14H2,(H,22,23). The van der Waals surface area contributed by atoms with Crippen molar-refractivity contribution in [2.75, 3.05) is 16.8 Å². The zero-order chi connectivity index (χ0) is 18.9. The molecule has 0 radical (unpaired) electrons. The minimum Gasteiger partial charge on any atom is -0.322 e. The molecule has 3 aromatic carbocycles. The van der Waals surface area contributed by atoms with Gasteiger partial charge < -0.3 is 5.32 Å². The van der Waals surface area contributed by atoms with Crippen molar-refractivity contribution in [1.29, 1.82) is 0 Å². The molecule has 1 N–H and O–H groups in total. The van der Waals surface area contributed by atoms with Crippen molar-refractivity contribution in [3.8, 4) is 0 Å². The third-order valence-corrected chi connectivity index (χ3v) is 7.95. The Bertz CT molecular complexity index is 1110. The maximum absolute atomic E-state index is 12.8. The number of hydrogen-bond donors (Lipinski definition) is 1. The molecule has 0 saturated carbocycles. The first kappa shape index (κ1) is 18.1. The van der Waals surface area contributed by atoms with Gasteiger partial charge in [0.1, 0.15) is 0 Å². The lowest BCUT2D eigenvalue weighted by Gasteiger charge is -2.13. The lowest BCUT2D eigenvalue weighted by Crippen LogP contribution is -2.14. The van der Waals surface area contributed by atoms with E-state index in [1.54, 1.807) is 6.07 Å². The Morgan fingerprint density at radius 3 is 2.48 bits per heavy atom. The monoisotopic (exact) mass is 397 g/mol. The number of sulfone groups is 1. The van der Waals surface area contributed by atoms with Crippen LogP contribution in [0.15, 0.2) is 71.6 Å². The lowest BCUT2D eigenvalue weighted by atomic mass is 10.1. The highest BCUT2D eigenvalue weighted by Crippen LogP contribution is 2.33. The molecule has 0 aromatic heterocycles. The fraction of sp³-hybridized carbons (Fsp3) is 0.190. The van der Waals surface area contributed by atoms with E-state index in [9.17, 15) is 13.2 Å². The van der Waals surface area contributed by atoms with Gasteiger partial charge in [0.15, 0.2) is 9.84 Å². The predicted molar refractivity (Wildman–Crippen MR) is 111 cm³/mol. The molecule has 1 heterocycles. The summed E-state index contributed by atoms with van der Waals surface area (Å²) >= 11 is 1.48. The van der Waals surface area contributed by atoms with Gasteiger partial charge in [0.25, 0.3) is 5.91 Å². The maximum Gasteiger partial charge on any atom is 0.256 e. The topological polar surface area (TPSA) is 63.2 Å². The van der Waals surface area contributed by atoms with Crippen LogP contribution in [0.25, 0.3) is 10.8 Å². The smallest absolute Gasteiger partial charge is 0.256 e. The number of rotatable bonds is 4. The Morgan fingerprint density at radius 1 is 0.963 bits per heavy atom. The molecule has 1 aliphatic rings. The predicted octanol–water partition coefficient (Wildman–Crippen LogP) is 4.37. The average molecular weight is 398 g/mol. The second-order valence-corrected chi connectivity index (χ2v) is 10.2. The fourth-order valence-corrected chi connectivity index (χ4v) is 6.88. The Kier molecular flexibility index (Phi) is 4.93. The third-order valence-electron chi connectivity index (χ3n) is 4.62. The Labute approximate surface area is 162 Å².